The van der Waals surface area contributed by atoms with Gasteiger partial charge >= 0.3 is 99.2 Å². The van der Waals surface area contributed by atoms with E-state index in [4.69, 9.17) is 0 Å². The second-order valence-corrected chi connectivity index (χ2v) is 20.0. The Morgan fingerprint density at radius 3 is 1.84 bits per heavy atom. The number of hydrogen-bond acceptors (Lipinski definition) is 0. The van der Waals surface area contributed by atoms with Gasteiger partial charge in [-0.15, -0.1) is 6.92 Å². The maximum absolute atomic E-state index is 2.62. The Balaban J connectivity index is 0.000000215. The molecule has 0 saturated heterocycles. The van der Waals surface area contributed by atoms with Crippen molar-refractivity contribution >= 4 is 8.78 Å². The van der Waals surface area contributed by atoms with Crippen LogP contribution in [0.5, 0.6) is 0 Å². The SMILES string of the molecule is C[C-]1C2=C3Cc4ccccc4C3=C3C=CCCC3C2(C)C(C)(C)C(C)(C)C1(C)C.Cc1cc(C(C)(C)C)c[cH-]1.[Cl-].[Cl-].[Zr+2]=[C](c1ccccc1)c1ccccc1. The predicted molar refractivity (Wildman–Crippen MR) is 226 cm³/mol. The first-order chi connectivity index (χ1) is 24.9. The second-order valence-electron chi connectivity index (χ2n) is 18.8. The molecule has 0 aliphatic heterocycles. The van der Waals surface area contributed by atoms with Crippen LogP contribution in [0.2, 0.25) is 0 Å². The van der Waals surface area contributed by atoms with Crippen molar-refractivity contribution in [2.75, 3.05) is 0 Å². The van der Waals surface area contributed by atoms with Crippen LogP contribution in [0.3, 0.4) is 0 Å². The van der Waals surface area contributed by atoms with Gasteiger partial charge in [-0.1, -0.05) is 147 Å². The molecule has 0 N–H and O–H groups in total. The fraction of sp³-hybridized carbons (Fsp3) is 0.404. The molecular weight excluding hydrogens is 787 g/mol. The summed E-state index contributed by atoms with van der Waals surface area (Å²) in [6.07, 6.45) is 8.50. The molecule has 4 aromatic rings. The third-order valence-electron chi connectivity index (χ3n) is 14.7. The van der Waals surface area contributed by atoms with Crippen molar-refractivity contribution in [1.82, 2.24) is 0 Å². The number of fused-ring (bicyclic) bond motifs is 6. The average molecular weight is 849 g/mol. The molecule has 0 spiro atoms. The molecule has 1 saturated carbocycles. The van der Waals surface area contributed by atoms with Gasteiger partial charge in [0, 0.05) is 0 Å². The number of allylic oxidation sites excluding steroid dienone is 6. The number of hydrogen-bond donors (Lipinski definition) is 0. The van der Waals surface area contributed by atoms with Crippen LogP contribution in [0, 0.1) is 40.4 Å². The van der Waals surface area contributed by atoms with Gasteiger partial charge in [0.05, 0.1) is 0 Å². The van der Waals surface area contributed by atoms with Crippen LogP contribution in [0.15, 0.2) is 132 Å². The van der Waals surface area contributed by atoms with Crippen molar-refractivity contribution < 1.29 is 49.0 Å². The van der Waals surface area contributed by atoms with Crippen LogP contribution >= 0.6 is 0 Å². The Morgan fingerprint density at radius 1 is 0.782 bits per heavy atom. The summed E-state index contributed by atoms with van der Waals surface area (Å²) >= 11 is 1.46. The Labute approximate surface area is 361 Å². The van der Waals surface area contributed by atoms with Gasteiger partial charge in [0.2, 0.25) is 0 Å². The zero-order chi connectivity index (χ0) is 38.6. The Morgan fingerprint density at radius 2 is 1.33 bits per heavy atom. The van der Waals surface area contributed by atoms with E-state index in [1.807, 2.05) is 0 Å². The van der Waals surface area contributed by atoms with Gasteiger partial charge in [-0.3, -0.25) is 0 Å². The van der Waals surface area contributed by atoms with Crippen LogP contribution in [0.4, 0.5) is 0 Å². The number of benzene rings is 3. The quantitative estimate of drug-likeness (QED) is 0.181. The summed E-state index contributed by atoms with van der Waals surface area (Å²) < 4.78 is 1.42. The molecule has 0 heterocycles. The van der Waals surface area contributed by atoms with E-state index in [1.54, 1.807) is 28.2 Å². The molecule has 0 nitrogen and oxygen atoms in total. The monoisotopic (exact) mass is 846 g/mol. The zero-order valence-electron chi connectivity index (χ0n) is 35.4. The molecule has 8 rings (SSSR count). The van der Waals surface area contributed by atoms with E-state index in [0.29, 0.717) is 11.3 Å². The van der Waals surface area contributed by atoms with Crippen LogP contribution < -0.4 is 24.8 Å². The molecule has 1 fully saturated rings. The molecule has 3 heteroatoms. The number of rotatable bonds is 2. The summed E-state index contributed by atoms with van der Waals surface area (Å²) in [5.74, 6) is 2.24. The predicted octanol–water partition coefficient (Wildman–Crippen LogP) is 7.79. The minimum atomic E-state index is 0. The summed E-state index contributed by atoms with van der Waals surface area (Å²) in [6, 6.07) is 36.9. The van der Waals surface area contributed by atoms with Crippen molar-refractivity contribution in [2.24, 2.45) is 27.6 Å². The Hall–Kier alpha value is -2.57. The third kappa shape index (κ3) is 7.74. The van der Waals surface area contributed by atoms with Crippen molar-refractivity contribution in [3.8, 4) is 0 Å². The van der Waals surface area contributed by atoms with Gasteiger partial charge in [0.15, 0.2) is 0 Å². The third-order valence-corrected chi connectivity index (χ3v) is 16.1. The molecule has 0 aromatic heterocycles. The molecular formula is C52H62Cl2Zr-2. The maximum atomic E-state index is 2.62. The van der Waals surface area contributed by atoms with Crippen LogP contribution in [-0.4, -0.2) is 3.21 Å². The fourth-order valence-electron chi connectivity index (χ4n) is 9.97. The standard InChI is InChI=1S/C29H37.C13H10.C10H15.2ClH.Zr/c1-18-25-22-17-19-13-9-10-14-20(19)24(22)21-15-11-12-16-23(21)29(25,8)28(6,7)27(4,5)26(18,2)3;1-3-7-12(8-4-1)11-13-9-5-2-6-10-13;1-8-5-6-9(7-8)10(2,3)4;;;/h9-11,13-15,23H,12,16-17H2,1-8H3;1-10H;5-7H,1-4H3;2*1H;/q-1;;-1;;;+2/p-2. The summed E-state index contributed by atoms with van der Waals surface area (Å²) in [6.45, 7) is 29.1. The number of aryl methyl sites for hydroxylation is 1. The van der Waals surface area contributed by atoms with Gasteiger partial charge in [-0.05, 0) is 40.6 Å². The van der Waals surface area contributed by atoms with E-state index < -0.39 is 0 Å². The Kier molecular flexibility index (Phi) is 13.7. The molecule has 4 aliphatic rings. The van der Waals surface area contributed by atoms with Gasteiger partial charge in [-0.25, -0.2) is 12.0 Å². The van der Waals surface area contributed by atoms with Gasteiger partial charge in [0.1, 0.15) is 0 Å². The Bertz CT molecular complexity index is 2020. The van der Waals surface area contributed by atoms with E-state index in [2.05, 4.69) is 198 Å². The molecule has 4 aromatic carbocycles. The van der Waals surface area contributed by atoms with E-state index in [9.17, 15) is 0 Å². The van der Waals surface area contributed by atoms with E-state index in [0.717, 1.165) is 6.42 Å². The van der Waals surface area contributed by atoms with Crippen LogP contribution in [0.1, 0.15) is 122 Å². The van der Waals surface area contributed by atoms with Crippen molar-refractivity contribution in [2.45, 2.75) is 108 Å². The summed E-state index contributed by atoms with van der Waals surface area (Å²) in [5.41, 5.74) is 16.1. The molecule has 290 valence electrons. The molecule has 0 bridgehead atoms. The minimum absolute atomic E-state index is 0. The first-order valence-electron chi connectivity index (χ1n) is 19.9. The summed E-state index contributed by atoms with van der Waals surface area (Å²) in [4.78, 5) is 0. The number of halogens is 2. The normalized spacial score (nSPS) is 22.2. The first-order valence-corrected chi connectivity index (χ1v) is 21.1. The average Bonchev–Trinajstić information content (AvgIpc) is 3.76. The van der Waals surface area contributed by atoms with Crippen molar-refractivity contribution in [1.29, 1.82) is 0 Å². The van der Waals surface area contributed by atoms with Gasteiger partial charge < -0.3 is 24.8 Å². The second kappa shape index (κ2) is 16.7. The van der Waals surface area contributed by atoms with Crippen molar-refractivity contribution in [3.05, 3.63) is 171 Å². The van der Waals surface area contributed by atoms with Crippen LogP contribution in [0.25, 0.3) is 5.57 Å². The van der Waals surface area contributed by atoms with E-state index in [1.165, 1.54) is 73.7 Å². The molecule has 4 aliphatic carbocycles. The summed E-state index contributed by atoms with van der Waals surface area (Å²) in [5, 5.41) is 0. The molecule has 2 atom stereocenters. The molecule has 2 unspecified atom stereocenters. The summed E-state index contributed by atoms with van der Waals surface area (Å²) in [7, 11) is 0. The molecule has 0 amide bonds. The van der Waals surface area contributed by atoms with E-state index in [-0.39, 0.29) is 46.5 Å². The van der Waals surface area contributed by atoms with Crippen molar-refractivity contribution in [3.63, 3.8) is 0 Å². The fourth-order valence-corrected chi connectivity index (χ4v) is 10.8. The molecule has 0 radical (unpaired) electrons. The van der Waals surface area contributed by atoms with Gasteiger partial charge in [0.25, 0.3) is 0 Å². The topological polar surface area (TPSA) is 0 Å². The zero-order valence-corrected chi connectivity index (χ0v) is 39.4. The van der Waals surface area contributed by atoms with E-state index >= 15 is 0 Å². The first kappa shape index (κ1) is 45.1. The van der Waals surface area contributed by atoms with Gasteiger partial charge in [-0.2, -0.15) is 34.4 Å². The molecule has 55 heavy (non-hydrogen) atoms. The van der Waals surface area contributed by atoms with Crippen LogP contribution in [-0.2, 0) is 36.1 Å².